The van der Waals surface area contributed by atoms with Gasteiger partial charge in [0.2, 0.25) is 0 Å². The van der Waals surface area contributed by atoms with Gasteiger partial charge >= 0.3 is 5.97 Å². The third kappa shape index (κ3) is 3.65. The highest BCUT2D eigenvalue weighted by Crippen LogP contribution is 2.47. The predicted octanol–water partition coefficient (Wildman–Crippen LogP) is 3.46. The number of allylic oxidation sites excluding steroid dienone is 1. The number of aliphatic hydroxyl groups is 1. The summed E-state index contributed by atoms with van der Waals surface area (Å²) in [7, 11) is 0. The Morgan fingerprint density at radius 3 is 2.88 bits per heavy atom. The third-order valence-corrected chi connectivity index (χ3v) is 5.59. The molecule has 0 saturated carbocycles. The maximum atomic E-state index is 11.9. The first-order valence-electron chi connectivity index (χ1n) is 8.83. The number of fused-ring (bicyclic) bond motifs is 2. The molecular weight excluding hydrogens is 304 g/mol. The van der Waals surface area contributed by atoms with Crippen LogP contribution in [0.15, 0.2) is 36.0 Å². The quantitative estimate of drug-likeness (QED) is 0.319. The average Bonchev–Trinajstić information content (AvgIpc) is 3.03. The van der Waals surface area contributed by atoms with Gasteiger partial charge in [0.25, 0.3) is 0 Å². The Bertz CT molecular complexity index is 601. The van der Waals surface area contributed by atoms with Crippen LogP contribution in [0.25, 0.3) is 0 Å². The summed E-state index contributed by atoms with van der Waals surface area (Å²) in [6.07, 6.45) is 9.72. The molecule has 0 aromatic heterocycles. The van der Waals surface area contributed by atoms with Crippen molar-refractivity contribution in [3.05, 3.63) is 36.0 Å². The molecule has 0 bridgehead atoms. The van der Waals surface area contributed by atoms with Gasteiger partial charge in [-0.3, -0.25) is 0 Å². The Morgan fingerprint density at radius 2 is 2.12 bits per heavy atom. The topological polar surface area (TPSA) is 59.1 Å². The van der Waals surface area contributed by atoms with Crippen molar-refractivity contribution in [1.82, 2.24) is 0 Å². The van der Waals surface area contributed by atoms with Crippen molar-refractivity contribution >= 4 is 5.97 Å². The molecular formula is C20H28O4. The van der Waals surface area contributed by atoms with E-state index >= 15 is 0 Å². The zero-order valence-electron chi connectivity index (χ0n) is 14.9. The Balaban J connectivity index is 1.81. The fourth-order valence-corrected chi connectivity index (χ4v) is 3.79. The lowest BCUT2D eigenvalue weighted by Gasteiger charge is -2.20. The van der Waals surface area contributed by atoms with Gasteiger partial charge in [0, 0.05) is 17.9 Å². The molecule has 0 unspecified atom stereocenters. The second kappa shape index (κ2) is 6.16. The zero-order valence-corrected chi connectivity index (χ0v) is 14.9. The first-order valence-corrected chi connectivity index (χ1v) is 8.83. The van der Waals surface area contributed by atoms with E-state index in [1.54, 1.807) is 0 Å². The van der Waals surface area contributed by atoms with Gasteiger partial charge in [0.15, 0.2) is 0 Å². The van der Waals surface area contributed by atoms with Crippen molar-refractivity contribution in [3.8, 4) is 0 Å². The lowest BCUT2D eigenvalue weighted by atomic mass is 9.85. The Morgan fingerprint density at radius 1 is 1.38 bits per heavy atom. The molecule has 4 nitrogen and oxygen atoms in total. The number of ether oxygens (including phenoxy) is 2. The zero-order chi connectivity index (χ0) is 17.5. The van der Waals surface area contributed by atoms with Gasteiger partial charge in [0.1, 0.15) is 6.10 Å². The average molecular weight is 332 g/mol. The fourth-order valence-electron chi connectivity index (χ4n) is 3.79. The first kappa shape index (κ1) is 17.4. The number of carbonyl (C=O) groups is 1. The van der Waals surface area contributed by atoms with Crippen LogP contribution in [0.4, 0.5) is 0 Å². The highest BCUT2D eigenvalue weighted by molar-refractivity contribution is 5.90. The van der Waals surface area contributed by atoms with Gasteiger partial charge in [-0.15, -0.1) is 0 Å². The summed E-state index contributed by atoms with van der Waals surface area (Å²) in [4.78, 5) is 11.9. The molecule has 0 aromatic carbocycles. The van der Waals surface area contributed by atoms with Gasteiger partial charge < -0.3 is 14.6 Å². The first-order chi connectivity index (χ1) is 11.2. The Kier molecular flexibility index (Phi) is 4.47. The summed E-state index contributed by atoms with van der Waals surface area (Å²) in [5, 5.41) is 10.4. The largest absolute Gasteiger partial charge is 0.458 e. The molecule has 2 aliphatic heterocycles. The van der Waals surface area contributed by atoms with E-state index in [1.165, 1.54) is 5.57 Å². The summed E-state index contributed by atoms with van der Waals surface area (Å²) in [5.41, 5.74) is 0.746. The van der Waals surface area contributed by atoms with Crippen LogP contribution in [0, 0.1) is 5.92 Å². The number of rotatable bonds is 0. The van der Waals surface area contributed by atoms with Crippen molar-refractivity contribution in [3.63, 3.8) is 0 Å². The Hall–Kier alpha value is -1.39. The third-order valence-electron chi connectivity index (χ3n) is 5.59. The summed E-state index contributed by atoms with van der Waals surface area (Å²) < 4.78 is 11.5. The molecule has 0 spiro atoms. The second-order valence-electron chi connectivity index (χ2n) is 7.99. The lowest BCUT2D eigenvalue weighted by Crippen LogP contribution is -2.23. The molecule has 3 rings (SSSR count). The highest BCUT2D eigenvalue weighted by Gasteiger charge is 2.54. The molecule has 1 N–H and O–H groups in total. The van der Waals surface area contributed by atoms with Crippen molar-refractivity contribution in [2.45, 2.75) is 76.3 Å². The van der Waals surface area contributed by atoms with Gasteiger partial charge in [-0.1, -0.05) is 30.4 Å². The maximum Gasteiger partial charge on any atom is 0.334 e. The molecule has 2 heterocycles. The fraction of sp³-hybridized carbons (Fsp3) is 0.650. The molecule has 4 heteroatoms. The smallest absolute Gasteiger partial charge is 0.334 e. The molecule has 24 heavy (non-hydrogen) atoms. The lowest BCUT2D eigenvalue weighted by molar-refractivity contribution is -0.139. The molecule has 0 radical (unpaired) electrons. The van der Waals surface area contributed by atoms with Crippen molar-refractivity contribution in [2.75, 3.05) is 0 Å². The van der Waals surface area contributed by atoms with E-state index in [0.29, 0.717) is 12.0 Å². The minimum atomic E-state index is -0.807. The number of carbonyl (C=O) groups excluding carboxylic acids is 1. The van der Waals surface area contributed by atoms with Crippen LogP contribution >= 0.6 is 0 Å². The Labute approximate surface area is 144 Å². The van der Waals surface area contributed by atoms with E-state index in [2.05, 4.69) is 26.5 Å². The van der Waals surface area contributed by atoms with Crippen LogP contribution in [0.1, 0.15) is 52.9 Å². The molecule has 5 atom stereocenters. The monoisotopic (exact) mass is 332 g/mol. The number of epoxide rings is 1. The summed E-state index contributed by atoms with van der Waals surface area (Å²) in [5.74, 6) is -0.241. The van der Waals surface area contributed by atoms with Crippen LogP contribution in [0.2, 0.25) is 0 Å². The molecule has 0 aromatic rings. The van der Waals surface area contributed by atoms with Crippen LogP contribution < -0.4 is 0 Å². The summed E-state index contributed by atoms with van der Waals surface area (Å²) in [6.45, 7) is 9.92. The molecule has 2 saturated heterocycles. The minimum Gasteiger partial charge on any atom is -0.458 e. The van der Waals surface area contributed by atoms with E-state index in [1.807, 2.05) is 19.1 Å². The van der Waals surface area contributed by atoms with E-state index in [0.717, 1.165) is 25.7 Å². The molecule has 2 fully saturated rings. The van der Waals surface area contributed by atoms with Crippen LogP contribution in [0.5, 0.6) is 0 Å². The van der Waals surface area contributed by atoms with Gasteiger partial charge in [-0.05, 0) is 46.5 Å². The van der Waals surface area contributed by atoms with Gasteiger partial charge in [0.05, 0.1) is 17.3 Å². The standard InChI is InChI=1S/C20H28O4/c1-13-7-5-8-19(3,22)9-6-10-20(4)17(24-20)12-15-14(2)18(21)23-16(15)11-13/h6-7,9,15-17,22H,2,5,8,10-12H2,1,3-4H3/t15-,16+,17+,19+,20+/m1/s1. The van der Waals surface area contributed by atoms with Gasteiger partial charge in [-0.25, -0.2) is 4.79 Å². The summed E-state index contributed by atoms with van der Waals surface area (Å²) >= 11 is 0. The SMILES string of the molecule is C=C1C(=O)O[C@H]2CC(C)=CCC[C@](C)(O)C=CC[C@]3(C)O[C@H]3C[C@H]12. The number of hydrogen-bond acceptors (Lipinski definition) is 4. The second-order valence-corrected chi connectivity index (χ2v) is 7.99. The molecule has 3 aliphatic rings. The molecule has 0 amide bonds. The van der Waals surface area contributed by atoms with Crippen LogP contribution in [-0.2, 0) is 14.3 Å². The summed E-state index contributed by atoms with van der Waals surface area (Å²) in [6, 6.07) is 0. The molecule has 1 aliphatic carbocycles. The van der Waals surface area contributed by atoms with E-state index in [9.17, 15) is 9.90 Å². The van der Waals surface area contributed by atoms with Crippen LogP contribution in [-0.4, -0.2) is 34.5 Å². The minimum absolute atomic E-state index is 0.0303. The van der Waals surface area contributed by atoms with E-state index < -0.39 is 5.60 Å². The van der Waals surface area contributed by atoms with Crippen molar-refractivity contribution in [2.24, 2.45) is 5.92 Å². The predicted molar refractivity (Wildman–Crippen MR) is 92.4 cm³/mol. The number of esters is 1. The van der Waals surface area contributed by atoms with E-state index in [-0.39, 0.29) is 29.7 Å². The highest BCUT2D eigenvalue weighted by atomic mass is 16.6. The number of hydrogen-bond donors (Lipinski definition) is 1. The van der Waals surface area contributed by atoms with Crippen molar-refractivity contribution in [1.29, 1.82) is 0 Å². The maximum absolute atomic E-state index is 11.9. The van der Waals surface area contributed by atoms with Crippen molar-refractivity contribution < 1.29 is 19.4 Å². The molecule has 132 valence electrons. The van der Waals surface area contributed by atoms with Gasteiger partial charge in [-0.2, -0.15) is 0 Å². The normalized spacial score (nSPS) is 43.3. The van der Waals surface area contributed by atoms with E-state index in [4.69, 9.17) is 9.47 Å². The van der Waals surface area contributed by atoms with Crippen LogP contribution in [0.3, 0.4) is 0 Å².